The molecule has 1 aliphatic carbocycles. The standard InChI is InChI=1S/C24H34N2O2/c1-26-24(28)21(14-18-11-12-19-9-5-6-10-20(19)13-18)16-23(27)22(25)15-17-7-3-2-4-8-17/h5-6,9-13,17,21-23,27H,2-4,7-8,14-16,25H2,1H3,(H,26,28)/t21?,22-,23?/m0/s1. The van der Waals surface area contributed by atoms with Crippen LogP contribution in [0.2, 0.25) is 0 Å². The molecule has 4 N–H and O–H groups in total. The van der Waals surface area contributed by atoms with Crippen LogP contribution in [-0.2, 0) is 11.2 Å². The Morgan fingerprint density at radius 3 is 2.57 bits per heavy atom. The van der Waals surface area contributed by atoms with Gasteiger partial charge >= 0.3 is 0 Å². The van der Waals surface area contributed by atoms with Crippen LogP contribution < -0.4 is 11.1 Å². The fraction of sp³-hybridized carbons (Fsp3) is 0.542. The first-order valence-electron chi connectivity index (χ1n) is 10.7. The van der Waals surface area contributed by atoms with E-state index in [-0.39, 0.29) is 17.9 Å². The zero-order chi connectivity index (χ0) is 19.9. The summed E-state index contributed by atoms with van der Waals surface area (Å²) in [5, 5.41) is 15.8. The number of fused-ring (bicyclic) bond motifs is 1. The van der Waals surface area contributed by atoms with E-state index in [1.54, 1.807) is 7.05 Å². The van der Waals surface area contributed by atoms with Crippen molar-refractivity contribution in [1.29, 1.82) is 0 Å². The third-order valence-corrected chi connectivity index (χ3v) is 6.26. The number of carbonyl (C=O) groups is 1. The molecule has 28 heavy (non-hydrogen) atoms. The Bertz CT molecular complexity index is 770. The summed E-state index contributed by atoms with van der Waals surface area (Å²) in [4.78, 5) is 12.5. The summed E-state index contributed by atoms with van der Waals surface area (Å²) >= 11 is 0. The van der Waals surface area contributed by atoms with Gasteiger partial charge in [-0.2, -0.15) is 0 Å². The van der Waals surface area contributed by atoms with Crippen LogP contribution in [0.5, 0.6) is 0 Å². The highest BCUT2D eigenvalue weighted by molar-refractivity contribution is 5.83. The van der Waals surface area contributed by atoms with Crippen molar-refractivity contribution in [1.82, 2.24) is 5.32 Å². The first kappa shape index (κ1) is 20.8. The van der Waals surface area contributed by atoms with Crippen LogP contribution in [0.25, 0.3) is 10.8 Å². The molecule has 3 rings (SSSR count). The SMILES string of the molecule is CNC(=O)C(Cc1ccc2ccccc2c1)CC(O)[C@@H](N)CC1CCCCC1. The first-order valence-corrected chi connectivity index (χ1v) is 10.7. The molecule has 1 fully saturated rings. The summed E-state index contributed by atoms with van der Waals surface area (Å²) in [5.74, 6) is 0.313. The molecular weight excluding hydrogens is 348 g/mol. The third kappa shape index (κ3) is 5.55. The van der Waals surface area contributed by atoms with Gasteiger partial charge in [0.25, 0.3) is 0 Å². The number of aliphatic hydroxyl groups excluding tert-OH is 1. The normalized spacial score (nSPS) is 18.5. The average molecular weight is 383 g/mol. The maximum absolute atomic E-state index is 12.5. The molecule has 3 atom stereocenters. The second-order valence-electron chi connectivity index (χ2n) is 8.40. The van der Waals surface area contributed by atoms with Crippen molar-refractivity contribution < 1.29 is 9.90 Å². The Labute approximate surface area is 168 Å². The van der Waals surface area contributed by atoms with Crippen LogP contribution in [0.3, 0.4) is 0 Å². The number of carbonyl (C=O) groups excluding carboxylic acids is 1. The Kier molecular flexibility index (Phi) is 7.46. The largest absolute Gasteiger partial charge is 0.391 e. The molecule has 152 valence electrons. The van der Waals surface area contributed by atoms with E-state index in [4.69, 9.17) is 5.73 Å². The van der Waals surface area contributed by atoms with E-state index in [2.05, 4.69) is 35.6 Å². The highest BCUT2D eigenvalue weighted by Crippen LogP contribution is 2.28. The van der Waals surface area contributed by atoms with Gasteiger partial charge in [0.1, 0.15) is 0 Å². The van der Waals surface area contributed by atoms with Gasteiger partial charge in [-0.15, -0.1) is 0 Å². The minimum absolute atomic E-state index is 0.0305. The molecule has 0 spiro atoms. The molecule has 1 amide bonds. The summed E-state index contributed by atoms with van der Waals surface area (Å²) in [6.45, 7) is 0. The number of nitrogens with one attached hydrogen (secondary N) is 1. The topological polar surface area (TPSA) is 75.3 Å². The molecule has 2 aromatic rings. The lowest BCUT2D eigenvalue weighted by molar-refractivity contribution is -0.125. The predicted octanol–water partition coefficient (Wildman–Crippen LogP) is 3.79. The summed E-state index contributed by atoms with van der Waals surface area (Å²) in [6, 6.07) is 14.3. The number of benzene rings is 2. The maximum Gasteiger partial charge on any atom is 0.223 e. The fourth-order valence-corrected chi connectivity index (χ4v) is 4.57. The van der Waals surface area contributed by atoms with Crippen molar-refractivity contribution in [2.24, 2.45) is 17.6 Å². The average Bonchev–Trinajstić information content (AvgIpc) is 2.73. The first-order chi connectivity index (χ1) is 13.6. The van der Waals surface area contributed by atoms with E-state index < -0.39 is 6.10 Å². The highest BCUT2D eigenvalue weighted by atomic mass is 16.3. The third-order valence-electron chi connectivity index (χ3n) is 6.26. The second kappa shape index (κ2) is 10.0. The molecule has 0 radical (unpaired) electrons. The second-order valence-corrected chi connectivity index (χ2v) is 8.40. The van der Waals surface area contributed by atoms with Crippen LogP contribution in [0.1, 0.15) is 50.5 Å². The monoisotopic (exact) mass is 382 g/mol. The molecule has 0 aliphatic heterocycles. The van der Waals surface area contributed by atoms with Crippen LogP contribution in [0.4, 0.5) is 0 Å². The number of hydrogen-bond acceptors (Lipinski definition) is 3. The highest BCUT2D eigenvalue weighted by Gasteiger charge is 2.27. The summed E-state index contributed by atoms with van der Waals surface area (Å²) in [5.41, 5.74) is 7.44. The minimum Gasteiger partial charge on any atom is -0.391 e. The van der Waals surface area contributed by atoms with E-state index >= 15 is 0 Å². The predicted molar refractivity (Wildman–Crippen MR) is 115 cm³/mol. The Balaban J connectivity index is 1.64. The van der Waals surface area contributed by atoms with Crippen LogP contribution in [-0.4, -0.2) is 30.2 Å². The Morgan fingerprint density at radius 2 is 1.86 bits per heavy atom. The van der Waals surface area contributed by atoms with E-state index in [1.165, 1.54) is 42.9 Å². The van der Waals surface area contributed by atoms with E-state index in [1.807, 2.05) is 12.1 Å². The number of nitrogens with two attached hydrogens (primary N) is 1. The van der Waals surface area contributed by atoms with Gasteiger partial charge in [-0.25, -0.2) is 0 Å². The van der Waals surface area contributed by atoms with Crippen LogP contribution in [0.15, 0.2) is 42.5 Å². The van der Waals surface area contributed by atoms with Gasteiger partial charge in [-0.1, -0.05) is 74.6 Å². The Hall–Kier alpha value is -1.91. The lowest BCUT2D eigenvalue weighted by Crippen LogP contribution is -2.41. The molecule has 2 aromatic carbocycles. The van der Waals surface area contributed by atoms with Crippen molar-refractivity contribution in [2.75, 3.05) is 7.05 Å². The number of rotatable bonds is 8. The van der Waals surface area contributed by atoms with Crippen LogP contribution >= 0.6 is 0 Å². The van der Waals surface area contributed by atoms with Crippen molar-refractivity contribution in [2.45, 2.75) is 63.5 Å². The summed E-state index contributed by atoms with van der Waals surface area (Å²) in [6.07, 6.45) is 7.53. The van der Waals surface area contributed by atoms with Gasteiger partial charge in [0.15, 0.2) is 0 Å². The van der Waals surface area contributed by atoms with E-state index in [0.717, 1.165) is 12.0 Å². The molecule has 0 aromatic heterocycles. The lowest BCUT2D eigenvalue weighted by Gasteiger charge is -2.28. The van der Waals surface area contributed by atoms with Crippen LogP contribution in [0, 0.1) is 11.8 Å². The zero-order valence-electron chi connectivity index (χ0n) is 16.9. The fourth-order valence-electron chi connectivity index (χ4n) is 4.57. The van der Waals surface area contributed by atoms with Gasteiger partial charge in [0.05, 0.1) is 6.10 Å². The number of hydrogen-bond donors (Lipinski definition) is 3. The van der Waals surface area contributed by atoms with Gasteiger partial charge in [0.2, 0.25) is 5.91 Å². The Morgan fingerprint density at radius 1 is 1.14 bits per heavy atom. The maximum atomic E-state index is 12.5. The summed E-state index contributed by atoms with van der Waals surface area (Å²) in [7, 11) is 1.66. The molecule has 2 unspecified atom stereocenters. The molecular formula is C24H34N2O2. The molecule has 1 aliphatic rings. The smallest absolute Gasteiger partial charge is 0.223 e. The number of amides is 1. The molecule has 4 nitrogen and oxygen atoms in total. The molecule has 0 heterocycles. The minimum atomic E-state index is -0.648. The van der Waals surface area contributed by atoms with Crippen molar-refractivity contribution in [3.8, 4) is 0 Å². The zero-order valence-corrected chi connectivity index (χ0v) is 16.9. The van der Waals surface area contributed by atoms with Crippen molar-refractivity contribution in [3.05, 3.63) is 48.0 Å². The van der Waals surface area contributed by atoms with E-state index in [9.17, 15) is 9.90 Å². The molecule has 0 saturated heterocycles. The van der Waals surface area contributed by atoms with Gasteiger partial charge in [-0.3, -0.25) is 4.79 Å². The number of aliphatic hydroxyl groups is 1. The van der Waals surface area contributed by atoms with Gasteiger partial charge in [-0.05, 0) is 41.5 Å². The molecule has 1 saturated carbocycles. The molecule has 4 heteroatoms. The molecule has 0 bridgehead atoms. The van der Waals surface area contributed by atoms with Gasteiger partial charge in [0, 0.05) is 19.0 Å². The van der Waals surface area contributed by atoms with Gasteiger partial charge < -0.3 is 16.2 Å². The van der Waals surface area contributed by atoms with Crippen molar-refractivity contribution >= 4 is 16.7 Å². The summed E-state index contributed by atoms with van der Waals surface area (Å²) < 4.78 is 0. The quantitative estimate of drug-likeness (QED) is 0.650. The van der Waals surface area contributed by atoms with E-state index in [0.29, 0.717) is 18.8 Å². The van der Waals surface area contributed by atoms with Crippen molar-refractivity contribution in [3.63, 3.8) is 0 Å². The lowest BCUT2D eigenvalue weighted by atomic mass is 9.82.